The number of halogens is 7. The average molecular weight is 416 g/mol. The van der Waals surface area contributed by atoms with Gasteiger partial charge in [0.2, 0.25) is 0 Å². The fourth-order valence-electron chi connectivity index (χ4n) is 2.01. The van der Waals surface area contributed by atoms with Crippen LogP contribution < -0.4 is 9.84 Å². The lowest BCUT2D eigenvalue weighted by Gasteiger charge is -2.15. The van der Waals surface area contributed by atoms with Gasteiger partial charge >= 0.3 is 12.4 Å². The fraction of sp³-hybridized carbons (Fsp3) is 0.133. The van der Waals surface area contributed by atoms with E-state index in [9.17, 15) is 31.1 Å². The Kier molecular flexibility index (Phi) is 5.73. The summed E-state index contributed by atoms with van der Waals surface area (Å²) in [5.41, 5.74) is -3.93. The largest absolute Gasteiger partial charge is 0.480 e. The van der Waals surface area contributed by atoms with Crippen molar-refractivity contribution in [1.82, 2.24) is 0 Å². The molecule has 11 heteroatoms. The van der Waals surface area contributed by atoms with Crippen molar-refractivity contribution in [2.24, 2.45) is 0 Å². The van der Waals surface area contributed by atoms with Crippen LogP contribution in [0, 0.1) is 0 Å². The predicted octanol–water partition coefficient (Wildman–Crippen LogP) is 5.80. The van der Waals surface area contributed by atoms with Crippen molar-refractivity contribution >= 4 is 32.7 Å². The number of amides is 1. The number of anilines is 1. The zero-order valence-electron chi connectivity index (χ0n) is 12.5. The van der Waals surface area contributed by atoms with E-state index >= 15 is 0 Å². The van der Waals surface area contributed by atoms with Gasteiger partial charge in [0.15, 0.2) is 0 Å². The number of nitrogens with one attached hydrogen (secondary N) is 1. The second-order valence-electron chi connectivity index (χ2n) is 5.01. The number of carbonyl (C=O) groups excluding carboxylic acids is 1. The Morgan fingerprint density at radius 3 is 1.96 bits per heavy atom. The minimum atomic E-state index is -5.02. The number of carbonyl (C=O) groups is 1. The number of alkyl halides is 6. The van der Waals surface area contributed by atoms with Crippen LogP contribution >= 0.6 is 21.1 Å². The Bertz CT molecular complexity index is 806. The molecule has 1 atom stereocenters. The first kappa shape index (κ1) is 20.3. The van der Waals surface area contributed by atoms with Crippen molar-refractivity contribution in [3.8, 4) is 5.75 Å². The first-order chi connectivity index (χ1) is 11.9. The normalized spacial score (nSPS) is 12.0. The molecule has 26 heavy (non-hydrogen) atoms. The predicted molar refractivity (Wildman–Crippen MR) is 86.2 cm³/mol. The minimum absolute atomic E-state index is 0.0138. The lowest BCUT2D eigenvalue weighted by atomic mass is 10.1. The summed E-state index contributed by atoms with van der Waals surface area (Å²) in [4.78, 5) is 12.2. The molecule has 1 unspecified atom stereocenters. The van der Waals surface area contributed by atoms with Crippen LogP contribution in [0.3, 0.4) is 0 Å². The summed E-state index contributed by atoms with van der Waals surface area (Å²) in [7, 11) is 1.86. The zero-order valence-corrected chi connectivity index (χ0v) is 14.4. The van der Waals surface area contributed by atoms with Gasteiger partial charge < -0.3 is 9.84 Å². The molecule has 0 spiro atoms. The van der Waals surface area contributed by atoms with E-state index in [2.05, 4.69) is 0 Å². The van der Waals surface area contributed by atoms with Crippen LogP contribution in [0.15, 0.2) is 36.4 Å². The molecule has 2 rings (SSSR count). The minimum Gasteiger partial charge on any atom is -0.480 e. The molecular weight excluding hydrogens is 407 g/mol. The Morgan fingerprint density at radius 1 is 0.962 bits per heavy atom. The van der Waals surface area contributed by atoms with Gasteiger partial charge in [-0.1, -0.05) is 11.6 Å². The van der Waals surface area contributed by atoms with Gasteiger partial charge in [-0.25, -0.2) is 0 Å². The number of benzene rings is 2. The summed E-state index contributed by atoms with van der Waals surface area (Å²) in [5, 5.41) is 2.12. The Labute approximate surface area is 150 Å². The molecule has 0 saturated heterocycles. The highest BCUT2D eigenvalue weighted by Crippen LogP contribution is 2.37. The third-order valence-corrected chi connectivity index (χ3v) is 3.65. The monoisotopic (exact) mass is 415 g/mol. The standard InChI is InChI=1S/C15H9ClF6NO2P/c16-9-1-2-12(25-26)11(6-9)13(24)23-10-4-7(14(17,18)19)3-8(5-10)15(20,21)22/h1-6H,26H2,(H,23,24). The highest BCUT2D eigenvalue weighted by molar-refractivity contribution is 7.10. The molecule has 0 heterocycles. The Hall–Kier alpha value is -1.99. The first-order valence-corrected chi connectivity index (χ1v) is 7.54. The summed E-state index contributed by atoms with van der Waals surface area (Å²) in [6.45, 7) is 0. The van der Waals surface area contributed by atoms with E-state index in [1.165, 1.54) is 12.1 Å². The Morgan fingerprint density at radius 2 is 1.50 bits per heavy atom. The fourth-order valence-corrected chi connectivity index (χ4v) is 2.39. The van der Waals surface area contributed by atoms with Gasteiger partial charge in [0, 0.05) is 10.7 Å². The molecule has 0 aliphatic rings. The van der Waals surface area contributed by atoms with E-state index in [1.54, 1.807) is 0 Å². The van der Waals surface area contributed by atoms with Crippen LogP contribution in [0.2, 0.25) is 5.02 Å². The molecule has 0 aliphatic carbocycles. The van der Waals surface area contributed by atoms with Crippen LogP contribution in [0.1, 0.15) is 21.5 Å². The van der Waals surface area contributed by atoms with Crippen LogP contribution in [-0.2, 0) is 12.4 Å². The van der Waals surface area contributed by atoms with Gasteiger partial charge in [-0.2, -0.15) is 26.3 Å². The average Bonchev–Trinajstić information content (AvgIpc) is 2.52. The molecule has 3 nitrogen and oxygen atoms in total. The van der Waals surface area contributed by atoms with Gasteiger partial charge in [0.05, 0.1) is 26.2 Å². The van der Waals surface area contributed by atoms with Crippen LogP contribution in [-0.4, -0.2) is 5.91 Å². The molecule has 140 valence electrons. The van der Waals surface area contributed by atoms with Gasteiger partial charge in [0.1, 0.15) is 5.75 Å². The van der Waals surface area contributed by atoms with E-state index < -0.39 is 35.1 Å². The second kappa shape index (κ2) is 7.32. The lowest BCUT2D eigenvalue weighted by Crippen LogP contribution is -2.16. The third-order valence-electron chi connectivity index (χ3n) is 3.16. The highest BCUT2D eigenvalue weighted by Gasteiger charge is 2.37. The Balaban J connectivity index is 2.46. The maximum Gasteiger partial charge on any atom is 0.416 e. The van der Waals surface area contributed by atoms with Gasteiger partial charge in [0.25, 0.3) is 5.91 Å². The van der Waals surface area contributed by atoms with Crippen LogP contribution in [0.5, 0.6) is 5.75 Å². The SMILES string of the molecule is O=C(Nc1cc(C(F)(F)F)cc(C(F)(F)F)c1)c1cc(Cl)ccc1OP. The molecule has 1 N–H and O–H groups in total. The molecular formula is C15H9ClF6NO2P. The number of hydrogen-bond donors (Lipinski definition) is 1. The van der Waals surface area contributed by atoms with Crippen molar-refractivity contribution in [3.05, 3.63) is 58.1 Å². The molecule has 2 aromatic carbocycles. The topological polar surface area (TPSA) is 38.3 Å². The van der Waals surface area contributed by atoms with Crippen molar-refractivity contribution < 1.29 is 35.7 Å². The molecule has 0 radical (unpaired) electrons. The molecule has 0 bridgehead atoms. The van der Waals surface area contributed by atoms with E-state index in [1.807, 2.05) is 14.8 Å². The summed E-state index contributed by atoms with van der Waals surface area (Å²) < 4.78 is 81.9. The highest BCUT2D eigenvalue weighted by atomic mass is 35.5. The number of hydrogen-bond acceptors (Lipinski definition) is 2. The van der Waals surface area contributed by atoms with Crippen LogP contribution in [0.25, 0.3) is 0 Å². The smallest absolute Gasteiger partial charge is 0.416 e. The maximum absolute atomic E-state index is 12.8. The quantitative estimate of drug-likeness (QED) is 0.508. The summed E-state index contributed by atoms with van der Waals surface area (Å²) in [6.07, 6.45) is -10.0. The number of rotatable bonds is 3. The van der Waals surface area contributed by atoms with Gasteiger partial charge in [-0.15, -0.1) is 0 Å². The van der Waals surface area contributed by atoms with E-state index in [4.69, 9.17) is 16.1 Å². The molecule has 2 aromatic rings. The maximum atomic E-state index is 12.8. The molecule has 0 aromatic heterocycles. The van der Waals surface area contributed by atoms with E-state index in [-0.39, 0.29) is 22.4 Å². The van der Waals surface area contributed by atoms with E-state index in [0.717, 1.165) is 6.07 Å². The van der Waals surface area contributed by atoms with Crippen molar-refractivity contribution in [2.75, 3.05) is 5.32 Å². The molecule has 0 aliphatic heterocycles. The second-order valence-corrected chi connectivity index (χ2v) is 5.68. The summed E-state index contributed by atoms with van der Waals surface area (Å²) >= 11 is 5.75. The van der Waals surface area contributed by atoms with E-state index in [0.29, 0.717) is 12.1 Å². The third kappa shape index (κ3) is 4.80. The summed E-state index contributed by atoms with van der Waals surface area (Å²) in [6, 6.07) is 4.64. The van der Waals surface area contributed by atoms with Crippen LogP contribution in [0.4, 0.5) is 32.0 Å². The zero-order chi connectivity index (χ0) is 19.7. The molecule has 0 fully saturated rings. The van der Waals surface area contributed by atoms with Crippen molar-refractivity contribution in [1.29, 1.82) is 0 Å². The lowest BCUT2D eigenvalue weighted by molar-refractivity contribution is -0.143. The molecule has 0 saturated carbocycles. The summed E-state index contributed by atoms with van der Waals surface area (Å²) in [5.74, 6) is -0.975. The first-order valence-electron chi connectivity index (χ1n) is 6.69. The van der Waals surface area contributed by atoms with Gasteiger partial charge in [-0.05, 0) is 36.4 Å². The van der Waals surface area contributed by atoms with Crippen molar-refractivity contribution in [2.45, 2.75) is 12.4 Å². The van der Waals surface area contributed by atoms with Crippen molar-refractivity contribution in [3.63, 3.8) is 0 Å². The molecule has 1 amide bonds. The van der Waals surface area contributed by atoms with Gasteiger partial charge in [-0.3, -0.25) is 4.79 Å².